The molecule has 2 aromatic carbocycles. The lowest BCUT2D eigenvalue weighted by atomic mass is 9.91. The summed E-state index contributed by atoms with van der Waals surface area (Å²) in [7, 11) is 0. The summed E-state index contributed by atoms with van der Waals surface area (Å²) < 4.78 is 6.33. The zero-order valence-corrected chi connectivity index (χ0v) is 18.2. The molecule has 3 atom stereocenters. The van der Waals surface area contributed by atoms with Crippen LogP contribution in [0.1, 0.15) is 18.4 Å². The van der Waals surface area contributed by atoms with Gasteiger partial charge in [-0.15, -0.1) is 11.8 Å². The number of aromatic nitrogens is 2. The number of hydrogen-bond donors (Lipinski definition) is 2. The van der Waals surface area contributed by atoms with Crippen molar-refractivity contribution < 1.29 is 9.32 Å². The van der Waals surface area contributed by atoms with Crippen LogP contribution >= 0.6 is 27.7 Å². The maximum atomic E-state index is 12.6. The lowest BCUT2D eigenvalue weighted by Gasteiger charge is -2.35. The summed E-state index contributed by atoms with van der Waals surface area (Å²) in [5.74, 6) is 1.56. The van der Waals surface area contributed by atoms with E-state index < -0.39 is 0 Å². The fourth-order valence-electron chi connectivity index (χ4n) is 3.30. The Labute approximate surface area is 182 Å². The molecule has 29 heavy (non-hydrogen) atoms. The van der Waals surface area contributed by atoms with Crippen molar-refractivity contribution in [2.45, 2.75) is 30.6 Å². The summed E-state index contributed by atoms with van der Waals surface area (Å²) in [6.07, 6.45) is 0.720. The van der Waals surface area contributed by atoms with Gasteiger partial charge in [0.15, 0.2) is 0 Å². The Morgan fingerprint density at radius 2 is 2.00 bits per heavy atom. The first-order valence-corrected chi connectivity index (χ1v) is 11.2. The van der Waals surface area contributed by atoms with Crippen molar-refractivity contribution in [3.8, 4) is 11.4 Å². The third kappa shape index (κ3) is 5.07. The summed E-state index contributed by atoms with van der Waals surface area (Å²) in [5, 5.41) is 10.6. The summed E-state index contributed by atoms with van der Waals surface area (Å²) >= 11 is 4.98. The second-order valence-electron chi connectivity index (χ2n) is 6.97. The van der Waals surface area contributed by atoms with Gasteiger partial charge in [0.1, 0.15) is 5.50 Å². The number of rotatable bonds is 6. The zero-order valence-electron chi connectivity index (χ0n) is 15.8. The molecule has 8 heteroatoms. The van der Waals surface area contributed by atoms with Gasteiger partial charge in [-0.2, -0.15) is 4.98 Å². The Bertz CT molecular complexity index is 982. The standard InChI is InChI=1S/C21H21BrN4O2S/c1-13-17(10-14-6-3-2-4-7-14)20(27)25-21(23-13)29-12-18-24-19(26-28-18)15-8-5-9-16(22)11-15/h2-9,11,13,17,21,23H,10,12H2,1H3,(H,25,27). The minimum atomic E-state index is -0.189. The number of hydrogen-bond acceptors (Lipinski definition) is 6. The van der Waals surface area contributed by atoms with E-state index >= 15 is 0 Å². The van der Waals surface area contributed by atoms with Crippen LogP contribution in [0.15, 0.2) is 63.6 Å². The van der Waals surface area contributed by atoms with Gasteiger partial charge >= 0.3 is 0 Å². The number of thioether (sulfide) groups is 1. The van der Waals surface area contributed by atoms with Gasteiger partial charge in [0.25, 0.3) is 0 Å². The quantitative estimate of drug-likeness (QED) is 0.564. The summed E-state index contributed by atoms with van der Waals surface area (Å²) in [6, 6.07) is 17.9. The molecule has 1 fully saturated rings. The van der Waals surface area contributed by atoms with Gasteiger partial charge in [-0.3, -0.25) is 10.1 Å². The van der Waals surface area contributed by atoms with E-state index in [9.17, 15) is 4.79 Å². The second-order valence-corrected chi connectivity index (χ2v) is 8.98. The van der Waals surface area contributed by atoms with Crippen LogP contribution in [0.4, 0.5) is 0 Å². The molecule has 3 aromatic rings. The molecule has 0 aliphatic carbocycles. The first-order valence-electron chi connectivity index (χ1n) is 9.39. The van der Waals surface area contributed by atoms with Gasteiger partial charge in [0, 0.05) is 16.1 Å². The van der Waals surface area contributed by atoms with E-state index in [1.165, 1.54) is 17.3 Å². The molecule has 4 rings (SSSR count). The fourth-order valence-corrected chi connectivity index (χ4v) is 4.64. The third-order valence-electron chi connectivity index (χ3n) is 4.85. The molecule has 3 unspecified atom stereocenters. The van der Waals surface area contributed by atoms with E-state index in [4.69, 9.17) is 4.52 Å². The predicted molar refractivity (Wildman–Crippen MR) is 117 cm³/mol. The Morgan fingerprint density at radius 1 is 1.17 bits per heavy atom. The molecule has 6 nitrogen and oxygen atoms in total. The molecular weight excluding hydrogens is 452 g/mol. The SMILES string of the molecule is CC1NC(SCc2nc(-c3cccc(Br)c3)no2)NC(=O)C1Cc1ccccc1. The van der Waals surface area contributed by atoms with Gasteiger partial charge in [0.2, 0.25) is 17.6 Å². The molecule has 1 amide bonds. The minimum Gasteiger partial charge on any atom is -0.338 e. The predicted octanol–water partition coefficient (Wildman–Crippen LogP) is 3.98. The van der Waals surface area contributed by atoms with E-state index in [0.29, 0.717) is 17.5 Å². The van der Waals surface area contributed by atoms with E-state index in [2.05, 4.69) is 55.8 Å². The smallest absolute Gasteiger partial charge is 0.237 e. The Balaban J connectivity index is 1.33. The van der Waals surface area contributed by atoms with Crippen molar-refractivity contribution in [1.82, 2.24) is 20.8 Å². The molecule has 0 saturated carbocycles. The highest BCUT2D eigenvalue weighted by atomic mass is 79.9. The molecule has 0 radical (unpaired) electrons. The molecule has 0 bridgehead atoms. The number of carbonyl (C=O) groups excluding carboxylic acids is 1. The number of nitrogens with zero attached hydrogens (tertiary/aromatic N) is 2. The molecule has 0 spiro atoms. The van der Waals surface area contributed by atoms with Crippen molar-refractivity contribution >= 4 is 33.6 Å². The van der Waals surface area contributed by atoms with Crippen molar-refractivity contribution in [3.63, 3.8) is 0 Å². The first kappa shape index (κ1) is 20.1. The molecule has 1 aliphatic rings. The topological polar surface area (TPSA) is 80.1 Å². The third-order valence-corrected chi connectivity index (χ3v) is 6.34. The first-order chi connectivity index (χ1) is 14.1. The van der Waals surface area contributed by atoms with Gasteiger partial charge in [-0.05, 0) is 31.0 Å². The summed E-state index contributed by atoms with van der Waals surface area (Å²) in [6.45, 7) is 2.05. The average Bonchev–Trinajstić information content (AvgIpc) is 3.19. The van der Waals surface area contributed by atoms with Gasteiger partial charge in [0.05, 0.1) is 11.7 Å². The average molecular weight is 473 g/mol. The number of halogens is 1. The maximum Gasteiger partial charge on any atom is 0.237 e. The Hall–Kier alpha value is -2.16. The molecular formula is C21H21BrN4O2S. The second kappa shape index (κ2) is 9.11. The molecule has 1 saturated heterocycles. The van der Waals surface area contributed by atoms with Crippen LogP contribution < -0.4 is 10.6 Å². The number of nitrogens with one attached hydrogen (secondary N) is 2. The molecule has 2 heterocycles. The van der Waals surface area contributed by atoms with Gasteiger partial charge < -0.3 is 9.84 Å². The van der Waals surface area contributed by atoms with Crippen molar-refractivity contribution in [3.05, 3.63) is 70.5 Å². The number of amides is 1. The lowest BCUT2D eigenvalue weighted by molar-refractivity contribution is -0.128. The minimum absolute atomic E-state index is 0.0676. The van der Waals surface area contributed by atoms with E-state index in [1.54, 1.807) is 0 Å². The van der Waals surface area contributed by atoms with Crippen LogP contribution in [0.2, 0.25) is 0 Å². The fraction of sp³-hybridized carbons (Fsp3) is 0.286. The zero-order chi connectivity index (χ0) is 20.2. The van der Waals surface area contributed by atoms with Crippen molar-refractivity contribution in [2.24, 2.45) is 5.92 Å². The monoisotopic (exact) mass is 472 g/mol. The maximum absolute atomic E-state index is 12.6. The summed E-state index contributed by atoms with van der Waals surface area (Å²) in [4.78, 5) is 17.1. The van der Waals surface area contributed by atoms with Crippen LogP contribution in [0.5, 0.6) is 0 Å². The molecule has 1 aliphatic heterocycles. The highest BCUT2D eigenvalue weighted by Crippen LogP contribution is 2.24. The molecule has 150 valence electrons. The van der Waals surface area contributed by atoms with Crippen LogP contribution in [-0.4, -0.2) is 27.6 Å². The van der Waals surface area contributed by atoms with Gasteiger partial charge in [-0.1, -0.05) is 63.6 Å². The lowest BCUT2D eigenvalue weighted by Crippen LogP contribution is -2.59. The highest BCUT2D eigenvalue weighted by molar-refractivity contribution is 9.10. The molecule has 1 aromatic heterocycles. The number of carbonyl (C=O) groups is 1. The van der Waals surface area contributed by atoms with Gasteiger partial charge in [-0.25, -0.2) is 0 Å². The van der Waals surface area contributed by atoms with E-state index in [-0.39, 0.29) is 23.4 Å². The van der Waals surface area contributed by atoms with Crippen LogP contribution in [0, 0.1) is 5.92 Å². The van der Waals surface area contributed by atoms with Crippen LogP contribution in [0.25, 0.3) is 11.4 Å². The van der Waals surface area contributed by atoms with Crippen LogP contribution in [-0.2, 0) is 17.0 Å². The molecule has 2 N–H and O–H groups in total. The van der Waals surface area contributed by atoms with Crippen molar-refractivity contribution in [2.75, 3.05) is 0 Å². The Kier molecular flexibility index (Phi) is 6.32. The van der Waals surface area contributed by atoms with E-state index in [0.717, 1.165) is 16.5 Å². The van der Waals surface area contributed by atoms with E-state index in [1.807, 2.05) is 42.5 Å². The normalized spacial score (nSPS) is 21.7. The summed E-state index contributed by atoms with van der Waals surface area (Å²) in [5.41, 5.74) is 1.87. The Morgan fingerprint density at radius 3 is 2.76 bits per heavy atom. The number of benzene rings is 2. The van der Waals surface area contributed by atoms with Crippen molar-refractivity contribution in [1.29, 1.82) is 0 Å². The highest BCUT2D eigenvalue weighted by Gasteiger charge is 2.33. The largest absolute Gasteiger partial charge is 0.338 e. The van der Waals surface area contributed by atoms with Crippen LogP contribution in [0.3, 0.4) is 0 Å².